The number of nitrogens with zero attached hydrogens (tertiary/aromatic N) is 1. The van der Waals surface area contributed by atoms with Crippen molar-refractivity contribution in [3.8, 4) is 11.5 Å². The quantitative estimate of drug-likeness (QED) is 0.346. The molecule has 28 heavy (non-hydrogen) atoms. The number of hydrogen-bond donors (Lipinski definition) is 2. The van der Waals surface area contributed by atoms with Crippen molar-refractivity contribution in [2.45, 2.75) is 45.4 Å². The highest BCUT2D eigenvalue weighted by atomic mass is 35.5. The predicted molar refractivity (Wildman–Crippen MR) is 118 cm³/mol. The van der Waals surface area contributed by atoms with Crippen LogP contribution in [0.1, 0.15) is 20.8 Å². The Hall–Kier alpha value is -1.51. The van der Waals surface area contributed by atoms with Crippen molar-refractivity contribution in [3.63, 3.8) is 0 Å². The lowest BCUT2D eigenvalue weighted by Crippen LogP contribution is -2.41. The average Bonchev–Trinajstić information content (AvgIpc) is 2.59. The SMILES string of the molecule is CC(C)(C)[Si](C)(C)OCCn1cc(Oc2c(Cl)cc(NN)cc2Cl)ccc1=O. The fourth-order valence-corrected chi connectivity index (χ4v) is 3.82. The van der Waals surface area contributed by atoms with E-state index in [0.717, 1.165) is 0 Å². The minimum absolute atomic E-state index is 0.112. The molecule has 0 saturated carbocycles. The highest BCUT2D eigenvalue weighted by Crippen LogP contribution is 2.38. The normalized spacial score (nSPS) is 12.1. The summed E-state index contributed by atoms with van der Waals surface area (Å²) in [6.07, 6.45) is 1.62. The summed E-state index contributed by atoms with van der Waals surface area (Å²) in [5, 5.41) is 0.722. The molecule has 0 radical (unpaired) electrons. The molecule has 0 atom stereocenters. The molecule has 6 nitrogen and oxygen atoms in total. The second kappa shape index (κ2) is 8.88. The minimum Gasteiger partial charge on any atom is -0.453 e. The van der Waals surface area contributed by atoms with E-state index in [0.29, 0.717) is 40.4 Å². The van der Waals surface area contributed by atoms with Gasteiger partial charge in [-0.2, -0.15) is 0 Å². The Bertz CT molecular complexity index is 872. The molecule has 3 N–H and O–H groups in total. The van der Waals surface area contributed by atoms with Crippen molar-refractivity contribution >= 4 is 37.2 Å². The van der Waals surface area contributed by atoms with Gasteiger partial charge in [0.25, 0.3) is 5.56 Å². The first-order valence-electron chi connectivity index (χ1n) is 8.92. The number of benzene rings is 1. The third-order valence-corrected chi connectivity index (χ3v) is 10.0. The van der Waals surface area contributed by atoms with E-state index in [2.05, 4.69) is 39.3 Å². The number of halogens is 2. The topological polar surface area (TPSA) is 78.5 Å². The number of nitrogen functional groups attached to an aromatic ring is 1. The maximum atomic E-state index is 12.2. The summed E-state index contributed by atoms with van der Waals surface area (Å²) in [5.74, 6) is 6.12. The zero-order valence-corrected chi connectivity index (χ0v) is 19.3. The fourth-order valence-electron chi connectivity index (χ4n) is 2.22. The number of hydrazine groups is 1. The summed E-state index contributed by atoms with van der Waals surface area (Å²) in [4.78, 5) is 12.2. The molecule has 0 fully saturated rings. The molecule has 1 aromatic heterocycles. The Balaban J connectivity index is 2.15. The Morgan fingerprint density at radius 3 is 2.32 bits per heavy atom. The zero-order chi connectivity index (χ0) is 21.1. The van der Waals surface area contributed by atoms with E-state index in [9.17, 15) is 4.79 Å². The van der Waals surface area contributed by atoms with Crippen LogP contribution in [0, 0.1) is 0 Å². The molecule has 0 saturated heterocycles. The van der Waals surface area contributed by atoms with Gasteiger partial charge in [-0.05, 0) is 36.3 Å². The van der Waals surface area contributed by atoms with Crippen LogP contribution in [0.3, 0.4) is 0 Å². The number of pyridine rings is 1. The van der Waals surface area contributed by atoms with Gasteiger partial charge < -0.3 is 19.2 Å². The van der Waals surface area contributed by atoms with Gasteiger partial charge >= 0.3 is 0 Å². The monoisotopic (exact) mass is 443 g/mol. The largest absolute Gasteiger partial charge is 0.453 e. The number of rotatable bonds is 7. The third-order valence-electron chi connectivity index (χ3n) is 4.94. The van der Waals surface area contributed by atoms with E-state index in [-0.39, 0.29) is 10.6 Å². The standard InChI is InChI=1S/C19H27Cl2N3O3Si/c1-19(2,3)28(4,5)26-9-8-24-12-14(6-7-17(24)25)27-18-15(20)10-13(23-22)11-16(18)21/h6-7,10-12,23H,8-9,22H2,1-5H3. The third kappa shape index (κ3) is 5.52. The number of nitrogens with two attached hydrogens (primary N) is 1. The molecule has 2 aromatic rings. The molecule has 0 aliphatic heterocycles. The van der Waals surface area contributed by atoms with Gasteiger partial charge in [-0.15, -0.1) is 0 Å². The average molecular weight is 444 g/mol. The molecule has 2 rings (SSSR count). The number of aromatic nitrogens is 1. The molecule has 0 unspecified atom stereocenters. The second-order valence-electron chi connectivity index (χ2n) is 8.02. The smallest absolute Gasteiger partial charge is 0.250 e. The van der Waals surface area contributed by atoms with E-state index in [4.69, 9.17) is 38.2 Å². The van der Waals surface area contributed by atoms with Crippen LogP contribution >= 0.6 is 23.2 Å². The Morgan fingerprint density at radius 1 is 1.18 bits per heavy atom. The van der Waals surface area contributed by atoms with Gasteiger partial charge in [0, 0.05) is 18.8 Å². The molecular formula is C19H27Cl2N3O3Si. The van der Waals surface area contributed by atoms with Gasteiger partial charge in [-0.25, -0.2) is 0 Å². The van der Waals surface area contributed by atoms with E-state index < -0.39 is 8.32 Å². The van der Waals surface area contributed by atoms with Crippen LogP contribution in [0.4, 0.5) is 5.69 Å². The van der Waals surface area contributed by atoms with Gasteiger partial charge in [-0.1, -0.05) is 44.0 Å². The molecule has 0 aliphatic rings. The van der Waals surface area contributed by atoms with Crippen LogP contribution in [0.2, 0.25) is 28.2 Å². The molecular weight excluding hydrogens is 417 g/mol. The van der Waals surface area contributed by atoms with Gasteiger partial charge in [0.2, 0.25) is 0 Å². The zero-order valence-electron chi connectivity index (χ0n) is 16.8. The lowest BCUT2D eigenvalue weighted by Gasteiger charge is -2.36. The first-order chi connectivity index (χ1) is 12.9. The summed E-state index contributed by atoms with van der Waals surface area (Å²) in [7, 11) is -1.87. The van der Waals surface area contributed by atoms with Gasteiger partial charge in [0.1, 0.15) is 5.75 Å². The van der Waals surface area contributed by atoms with E-state index in [1.807, 2.05) is 0 Å². The molecule has 0 bridgehead atoms. The Labute approximate surface area is 176 Å². The Morgan fingerprint density at radius 2 is 1.79 bits per heavy atom. The molecule has 0 aliphatic carbocycles. The minimum atomic E-state index is -1.87. The summed E-state index contributed by atoms with van der Waals surface area (Å²) < 4.78 is 13.5. The molecule has 1 aromatic carbocycles. The van der Waals surface area contributed by atoms with Crippen molar-refractivity contribution < 1.29 is 9.16 Å². The highest BCUT2D eigenvalue weighted by Gasteiger charge is 2.36. The van der Waals surface area contributed by atoms with E-state index >= 15 is 0 Å². The van der Waals surface area contributed by atoms with Crippen molar-refractivity contribution in [2.75, 3.05) is 12.0 Å². The van der Waals surface area contributed by atoms with Crippen LogP contribution in [-0.4, -0.2) is 19.5 Å². The molecule has 0 spiro atoms. The number of ether oxygens (including phenoxy) is 1. The fraction of sp³-hybridized carbons (Fsp3) is 0.421. The van der Waals surface area contributed by atoms with Crippen LogP contribution in [0.25, 0.3) is 0 Å². The Kier molecular flexibility index (Phi) is 7.22. The van der Waals surface area contributed by atoms with Crippen LogP contribution in [0.15, 0.2) is 35.3 Å². The summed E-state index contributed by atoms with van der Waals surface area (Å²) in [6, 6.07) is 6.23. The first-order valence-corrected chi connectivity index (χ1v) is 12.6. The predicted octanol–water partition coefficient (Wildman–Crippen LogP) is 5.25. The van der Waals surface area contributed by atoms with E-state index in [1.165, 1.54) is 6.07 Å². The summed E-state index contributed by atoms with van der Waals surface area (Å²) in [5.41, 5.74) is 2.91. The van der Waals surface area contributed by atoms with E-state index in [1.54, 1.807) is 29.0 Å². The molecule has 0 amide bonds. The van der Waals surface area contributed by atoms with Gasteiger partial charge in [0.15, 0.2) is 14.1 Å². The summed E-state index contributed by atoms with van der Waals surface area (Å²) in [6.45, 7) is 11.8. The maximum Gasteiger partial charge on any atom is 0.250 e. The van der Waals surface area contributed by atoms with Crippen LogP contribution in [-0.2, 0) is 11.0 Å². The van der Waals surface area contributed by atoms with Crippen molar-refractivity contribution in [2.24, 2.45) is 5.84 Å². The summed E-state index contributed by atoms with van der Waals surface area (Å²) >= 11 is 12.4. The lowest BCUT2D eigenvalue weighted by molar-refractivity contribution is 0.269. The first kappa shape index (κ1) is 22.8. The second-order valence-corrected chi connectivity index (χ2v) is 13.6. The molecule has 1 heterocycles. The lowest BCUT2D eigenvalue weighted by atomic mass is 10.2. The molecule has 9 heteroatoms. The highest BCUT2D eigenvalue weighted by molar-refractivity contribution is 6.74. The maximum absolute atomic E-state index is 12.2. The molecule has 154 valence electrons. The number of hydrogen-bond acceptors (Lipinski definition) is 5. The number of nitrogens with one attached hydrogen (secondary N) is 1. The van der Waals surface area contributed by atoms with Crippen molar-refractivity contribution in [1.29, 1.82) is 0 Å². The van der Waals surface area contributed by atoms with Gasteiger partial charge in [-0.3, -0.25) is 10.6 Å². The van der Waals surface area contributed by atoms with Crippen molar-refractivity contribution in [1.82, 2.24) is 4.57 Å². The van der Waals surface area contributed by atoms with Crippen molar-refractivity contribution in [3.05, 3.63) is 50.9 Å². The van der Waals surface area contributed by atoms with Crippen LogP contribution < -0.4 is 21.6 Å². The van der Waals surface area contributed by atoms with Crippen LogP contribution in [0.5, 0.6) is 11.5 Å². The van der Waals surface area contributed by atoms with Gasteiger partial charge in [0.05, 0.1) is 22.3 Å². The number of anilines is 1.